The van der Waals surface area contributed by atoms with Crippen LogP contribution in [0.1, 0.15) is 10.7 Å². The SMILES string of the molecule is Cc1nc(CCNc2cncc(N)c2)cs1. The van der Waals surface area contributed by atoms with Crippen molar-refractivity contribution in [2.45, 2.75) is 13.3 Å². The maximum atomic E-state index is 5.63. The molecule has 2 aromatic rings. The first kappa shape index (κ1) is 10.9. The van der Waals surface area contributed by atoms with Gasteiger partial charge in [0.25, 0.3) is 0 Å². The predicted octanol–water partition coefficient (Wildman–Crippen LogP) is 2.08. The molecule has 0 aliphatic carbocycles. The maximum absolute atomic E-state index is 5.63. The van der Waals surface area contributed by atoms with E-state index < -0.39 is 0 Å². The second-order valence-electron chi connectivity index (χ2n) is 3.54. The fourth-order valence-electron chi connectivity index (χ4n) is 1.41. The lowest BCUT2D eigenvalue weighted by molar-refractivity contribution is 0.967. The smallest absolute Gasteiger partial charge is 0.0897 e. The first-order chi connectivity index (χ1) is 7.74. The van der Waals surface area contributed by atoms with E-state index in [1.807, 2.05) is 13.0 Å². The lowest BCUT2D eigenvalue weighted by Gasteiger charge is -2.04. The van der Waals surface area contributed by atoms with Crippen molar-refractivity contribution >= 4 is 22.7 Å². The van der Waals surface area contributed by atoms with E-state index in [1.54, 1.807) is 23.7 Å². The van der Waals surface area contributed by atoms with Crippen molar-refractivity contribution in [2.75, 3.05) is 17.6 Å². The number of rotatable bonds is 4. The van der Waals surface area contributed by atoms with Crippen molar-refractivity contribution in [3.63, 3.8) is 0 Å². The summed E-state index contributed by atoms with van der Waals surface area (Å²) < 4.78 is 0. The number of thiazole rings is 1. The molecular weight excluding hydrogens is 220 g/mol. The standard InChI is InChI=1S/C11H14N4S/c1-8-15-10(7-16-8)2-3-14-11-4-9(12)5-13-6-11/h4-7,14H,2-3,12H2,1H3. The average Bonchev–Trinajstić information content (AvgIpc) is 2.64. The molecule has 3 N–H and O–H groups in total. The molecule has 0 spiro atoms. The van der Waals surface area contributed by atoms with Crippen LogP contribution >= 0.6 is 11.3 Å². The number of aryl methyl sites for hydroxylation is 1. The van der Waals surface area contributed by atoms with E-state index in [2.05, 4.69) is 20.7 Å². The zero-order valence-electron chi connectivity index (χ0n) is 9.10. The number of aromatic nitrogens is 2. The number of nitrogens with zero attached hydrogens (tertiary/aromatic N) is 2. The molecule has 0 atom stereocenters. The summed E-state index contributed by atoms with van der Waals surface area (Å²) in [7, 11) is 0. The molecule has 0 amide bonds. The third kappa shape index (κ3) is 2.93. The number of pyridine rings is 1. The Labute approximate surface area is 98.6 Å². The van der Waals surface area contributed by atoms with Gasteiger partial charge < -0.3 is 11.1 Å². The average molecular weight is 234 g/mol. The molecule has 0 unspecified atom stereocenters. The van der Waals surface area contributed by atoms with Gasteiger partial charge in [0.05, 0.1) is 28.3 Å². The molecule has 5 heteroatoms. The van der Waals surface area contributed by atoms with Crippen molar-refractivity contribution < 1.29 is 0 Å². The Balaban J connectivity index is 1.84. The summed E-state index contributed by atoms with van der Waals surface area (Å²) >= 11 is 1.68. The monoisotopic (exact) mass is 234 g/mol. The van der Waals surface area contributed by atoms with Gasteiger partial charge in [-0.05, 0) is 13.0 Å². The van der Waals surface area contributed by atoms with E-state index in [0.717, 1.165) is 29.4 Å². The minimum atomic E-state index is 0.675. The molecule has 0 bridgehead atoms. The minimum absolute atomic E-state index is 0.675. The van der Waals surface area contributed by atoms with Crippen LogP contribution in [0.15, 0.2) is 23.8 Å². The molecule has 0 saturated heterocycles. The number of anilines is 2. The highest BCUT2D eigenvalue weighted by molar-refractivity contribution is 7.09. The van der Waals surface area contributed by atoms with Crippen molar-refractivity contribution in [2.24, 2.45) is 0 Å². The van der Waals surface area contributed by atoms with E-state index in [-0.39, 0.29) is 0 Å². The molecule has 2 heterocycles. The van der Waals surface area contributed by atoms with Gasteiger partial charge in [0.1, 0.15) is 0 Å². The molecule has 4 nitrogen and oxygen atoms in total. The summed E-state index contributed by atoms with van der Waals surface area (Å²) in [6.07, 6.45) is 4.32. The summed E-state index contributed by atoms with van der Waals surface area (Å²) in [6, 6.07) is 1.87. The number of nitrogens with one attached hydrogen (secondary N) is 1. The summed E-state index contributed by atoms with van der Waals surface area (Å²) in [5.74, 6) is 0. The Morgan fingerprint density at radius 2 is 2.31 bits per heavy atom. The molecule has 0 fully saturated rings. The molecular formula is C11H14N4S. The lowest BCUT2D eigenvalue weighted by Crippen LogP contribution is -2.05. The summed E-state index contributed by atoms with van der Waals surface area (Å²) in [4.78, 5) is 8.41. The van der Waals surface area contributed by atoms with Gasteiger partial charge in [-0.1, -0.05) is 0 Å². The number of nitrogens with two attached hydrogens (primary N) is 1. The highest BCUT2D eigenvalue weighted by Gasteiger charge is 1.98. The van der Waals surface area contributed by atoms with Crippen molar-refractivity contribution in [1.29, 1.82) is 0 Å². The van der Waals surface area contributed by atoms with Crippen LogP contribution in [0.2, 0.25) is 0 Å². The zero-order chi connectivity index (χ0) is 11.4. The molecule has 0 aliphatic heterocycles. The number of hydrogen-bond donors (Lipinski definition) is 2. The van der Waals surface area contributed by atoms with Crippen molar-refractivity contribution in [1.82, 2.24) is 9.97 Å². The van der Waals surface area contributed by atoms with Crippen molar-refractivity contribution in [3.05, 3.63) is 34.5 Å². The summed E-state index contributed by atoms with van der Waals surface area (Å²) in [6.45, 7) is 2.86. The van der Waals surface area contributed by atoms with Crippen LogP contribution in [0.3, 0.4) is 0 Å². The Bertz CT molecular complexity index is 467. The van der Waals surface area contributed by atoms with E-state index >= 15 is 0 Å². The Hall–Kier alpha value is -1.62. The number of nitrogen functional groups attached to an aromatic ring is 1. The van der Waals surface area contributed by atoms with E-state index in [0.29, 0.717) is 5.69 Å². The molecule has 0 saturated carbocycles. The molecule has 16 heavy (non-hydrogen) atoms. The third-order valence-corrected chi connectivity index (χ3v) is 2.96. The molecule has 0 radical (unpaired) electrons. The summed E-state index contributed by atoms with van der Waals surface area (Å²) in [5.41, 5.74) is 8.39. The molecule has 0 aliphatic rings. The van der Waals surface area contributed by atoms with Gasteiger partial charge in [-0.25, -0.2) is 4.98 Å². The van der Waals surface area contributed by atoms with E-state index in [4.69, 9.17) is 5.73 Å². The molecule has 0 aromatic carbocycles. The van der Waals surface area contributed by atoms with Gasteiger partial charge in [0.2, 0.25) is 0 Å². The van der Waals surface area contributed by atoms with Crippen LogP contribution in [0.25, 0.3) is 0 Å². The molecule has 2 aromatic heterocycles. The zero-order valence-corrected chi connectivity index (χ0v) is 9.92. The van der Waals surface area contributed by atoms with Gasteiger partial charge in [0, 0.05) is 24.5 Å². The van der Waals surface area contributed by atoms with Gasteiger partial charge in [-0.15, -0.1) is 11.3 Å². The van der Waals surface area contributed by atoms with Crippen LogP contribution in [0.5, 0.6) is 0 Å². The largest absolute Gasteiger partial charge is 0.397 e. The minimum Gasteiger partial charge on any atom is -0.397 e. The third-order valence-electron chi connectivity index (χ3n) is 2.14. The van der Waals surface area contributed by atoms with Gasteiger partial charge in [-0.2, -0.15) is 0 Å². The quantitative estimate of drug-likeness (QED) is 0.850. The number of hydrogen-bond acceptors (Lipinski definition) is 5. The Morgan fingerprint density at radius 1 is 1.44 bits per heavy atom. The maximum Gasteiger partial charge on any atom is 0.0897 e. The van der Waals surface area contributed by atoms with Gasteiger partial charge >= 0.3 is 0 Å². The summed E-state index contributed by atoms with van der Waals surface area (Å²) in [5, 5.41) is 6.47. The Kier molecular flexibility index (Phi) is 3.36. The predicted molar refractivity (Wildman–Crippen MR) is 67.7 cm³/mol. The highest BCUT2D eigenvalue weighted by Crippen LogP contribution is 2.11. The first-order valence-corrected chi connectivity index (χ1v) is 5.97. The molecule has 2 rings (SSSR count). The van der Waals surface area contributed by atoms with Gasteiger partial charge in [0.15, 0.2) is 0 Å². The highest BCUT2D eigenvalue weighted by atomic mass is 32.1. The van der Waals surface area contributed by atoms with Crippen LogP contribution in [0.4, 0.5) is 11.4 Å². The second-order valence-corrected chi connectivity index (χ2v) is 4.60. The topological polar surface area (TPSA) is 63.8 Å². The van der Waals surface area contributed by atoms with Gasteiger partial charge in [-0.3, -0.25) is 4.98 Å². The van der Waals surface area contributed by atoms with Crippen LogP contribution in [0, 0.1) is 6.92 Å². The Morgan fingerprint density at radius 3 is 3.00 bits per heavy atom. The molecule has 84 valence electrons. The fraction of sp³-hybridized carbons (Fsp3) is 0.273. The lowest BCUT2D eigenvalue weighted by atomic mass is 10.3. The van der Waals surface area contributed by atoms with Crippen LogP contribution in [-0.4, -0.2) is 16.5 Å². The normalized spacial score (nSPS) is 10.3. The van der Waals surface area contributed by atoms with Crippen molar-refractivity contribution in [3.8, 4) is 0 Å². The van der Waals surface area contributed by atoms with E-state index in [9.17, 15) is 0 Å². The van der Waals surface area contributed by atoms with Crippen LogP contribution < -0.4 is 11.1 Å². The van der Waals surface area contributed by atoms with E-state index in [1.165, 1.54) is 0 Å². The second kappa shape index (κ2) is 4.94. The first-order valence-electron chi connectivity index (χ1n) is 5.09. The fourth-order valence-corrected chi connectivity index (χ4v) is 2.06. The van der Waals surface area contributed by atoms with Crippen LogP contribution in [-0.2, 0) is 6.42 Å².